The largest absolute Gasteiger partial charge is 0.371 e. The maximum absolute atomic E-state index is 9.72. The van der Waals surface area contributed by atoms with E-state index in [1.807, 2.05) is 0 Å². The van der Waals surface area contributed by atoms with Gasteiger partial charge in [0.25, 0.3) is 0 Å². The molecule has 2 nitrogen and oxygen atoms in total. The smallest absolute Gasteiger partial charge is 0.145 e. The van der Waals surface area contributed by atoms with Crippen LogP contribution in [0.5, 0.6) is 0 Å². The summed E-state index contributed by atoms with van der Waals surface area (Å²) in [5.74, 6) is 0. The van der Waals surface area contributed by atoms with Gasteiger partial charge in [-0.2, -0.15) is 0 Å². The van der Waals surface area contributed by atoms with Crippen molar-refractivity contribution in [2.45, 2.75) is 25.4 Å². The lowest BCUT2D eigenvalue weighted by Crippen LogP contribution is -2.22. The maximum atomic E-state index is 9.72. The third-order valence-electron chi connectivity index (χ3n) is 1.45. The molecular formula is C6H10O2. The Morgan fingerprint density at radius 1 is 1.62 bits per heavy atom. The van der Waals surface area contributed by atoms with E-state index in [4.69, 9.17) is 4.74 Å². The minimum Gasteiger partial charge on any atom is -0.371 e. The van der Waals surface area contributed by atoms with E-state index in [9.17, 15) is 4.79 Å². The van der Waals surface area contributed by atoms with Crippen LogP contribution in [0.15, 0.2) is 0 Å². The molecule has 0 N–H and O–H groups in total. The van der Waals surface area contributed by atoms with Crippen molar-refractivity contribution >= 4 is 6.29 Å². The number of rotatable bonds is 3. The quantitative estimate of drug-likeness (QED) is 0.506. The van der Waals surface area contributed by atoms with Crippen LogP contribution in [-0.4, -0.2) is 19.0 Å². The molecule has 1 rings (SSSR count). The van der Waals surface area contributed by atoms with E-state index in [0.29, 0.717) is 6.10 Å². The van der Waals surface area contributed by atoms with E-state index in [0.717, 1.165) is 19.1 Å². The monoisotopic (exact) mass is 114 g/mol. The minimum atomic E-state index is 0.282. The number of carbonyl (C=O) groups is 1. The molecule has 46 valence electrons. The molecule has 1 aliphatic carbocycles. The summed E-state index contributed by atoms with van der Waals surface area (Å²) in [7, 11) is 0. The second-order valence-electron chi connectivity index (χ2n) is 2.05. The number of ether oxygens (including phenoxy) is 1. The Balaban J connectivity index is 1.93. The van der Waals surface area contributed by atoms with Gasteiger partial charge in [0, 0.05) is 0 Å². The Morgan fingerprint density at radius 3 is 2.75 bits per heavy atom. The molecule has 2 heteroatoms. The van der Waals surface area contributed by atoms with Crippen LogP contribution in [0.1, 0.15) is 19.3 Å². The van der Waals surface area contributed by atoms with E-state index in [1.165, 1.54) is 6.42 Å². The molecule has 0 radical (unpaired) electrons. The summed E-state index contributed by atoms with van der Waals surface area (Å²) in [6.45, 7) is 0.282. The SMILES string of the molecule is O=CCOC1CCC1. The molecule has 0 heterocycles. The first kappa shape index (κ1) is 5.76. The van der Waals surface area contributed by atoms with Crippen LogP contribution in [0.2, 0.25) is 0 Å². The summed E-state index contributed by atoms with van der Waals surface area (Å²) in [6.07, 6.45) is 4.77. The molecule has 0 aromatic carbocycles. The second-order valence-corrected chi connectivity index (χ2v) is 2.05. The topological polar surface area (TPSA) is 26.3 Å². The molecule has 1 saturated carbocycles. The molecule has 8 heavy (non-hydrogen) atoms. The van der Waals surface area contributed by atoms with Gasteiger partial charge in [-0.1, -0.05) is 0 Å². The zero-order chi connectivity index (χ0) is 5.82. The van der Waals surface area contributed by atoms with Gasteiger partial charge in [0.2, 0.25) is 0 Å². The lowest BCUT2D eigenvalue weighted by atomic mass is 9.96. The van der Waals surface area contributed by atoms with E-state index >= 15 is 0 Å². The predicted molar refractivity (Wildman–Crippen MR) is 29.7 cm³/mol. The van der Waals surface area contributed by atoms with Crippen LogP contribution < -0.4 is 0 Å². The van der Waals surface area contributed by atoms with Gasteiger partial charge in [-0.25, -0.2) is 0 Å². The first-order valence-electron chi connectivity index (χ1n) is 2.98. The van der Waals surface area contributed by atoms with Crippen LogP contribution in [0.25, 0.3) is 0 Å². The van der Waals surface area contributed by atoms with E-state index in [2.05, 4.69) is 0 Å². The molecular weight excluding hydrogens is 104 g/mol. The molecule has 0 spiro atoms. The zero-order valence-corrected chi connectivity index (χ0v) is 4.80. The second kappa shape index (κ2) is 2.82. The first-order chi connectivity index (χ1) is 3.93. The molecule has 0 unspecified atom stereocenters. The van der Waals surface area contributed by atoms with Gasteiger partial charge >= 0.3 is 0 Å². The average Bonchev–Trinajstić information content (AvgIpc) is 1.63. The molecule has 0 aliphatic heterocycles. The Kier molecular flexibility index (Phi) is 2.03. The highest BCUT2D eigenvalue weighted by atomic mass is 16.5. The molecule has 0 amide bonds. The number of carbonyl (C=O) groups excluding carboxylic acids is 1. The summed E-state index contributed by atoms with van der Waals surface area (Å²) in [6, 6.07) is 0. The van der Waals surface area contributed by atoms with Gasteiger partial charge < -0.3 is 9.53 Å². The van der Waals surface area contributed by atoms with Crippen LogP contribution in [0.3, 0.4) is 0 Å². The summed E-state index contributed by atoms with van der Waals surface area (Å²) in [5.41, 5.74) is 0. The van der Waals surface area contributed by atoms with Crippen LogP contribution in [0.4, 0.5) is 0 Å². The summed E-state index contributed by atoms with van der Waals surface area (Å²) >= 11 is 0. The molecule has 0 aromatic rings. The molecule has 0 aromatic heterocycles. The standard InChI is InChI=1S/C6H10O2/c7-4-5-8-6-2-1-3-6/h4,6H,1-3,5H2. The third kappa shape index (κ3) is 1.30. The lowest BCUT2D eigenvalue weighted by molar-refractivity contribution is -0.115. The Morgan fingerprint density at radius 2 is 2.38 bits per heavy atom. The third-order valence-corrected chi connectivity index (χ3v) is 1.45. The highest BCUT2D eigenvalue weighted by Crippen LogP contribution is 2.21. The highest BCUT2D eigenvalue weighted by Gasteiger charge is 2.16. The van der Waals surface area contributed by atoms with Crippen LogP contribution in [-0.2, 0) is 9.53 Å². The van der Waals surface area contributed by atoms with Gasteiger partial charge in [-0.05, 0) is 19.3 Å². The summed E-state index contributed by atoms with van der Waals surface area (Å²) in [5, 5.41) is 0. The van der Waals surface area contributed by atoms with Gasteiger partial charge in [0.1, 0.15) is 12.9 Å². The van der Waals surface area contributed by atoms with Crippen molar-refractivity contribution in [2.75, 3.05) is 6.61 Å². The molecule has 1 fully saturated rings. The lowest BCUT2D eigenvalue weighted by Gasteiger charge is -2.24. The normalized spacial score (nSPS) is 20.0. The molecule has 0 bridgehead atoms. The molecule has 0 atom stereocenters. The summed E-state index contributed by atoms with van der Waals surface area (Å²) < 4.78 is 5.06. The summed E-state index contributed by atoms with van der Waals surface area (Å²) in [4.78, 5) is 9.72. The van der Waals surface area contributed by atoms with Gasteiger partial charge in [-0.3, -0.25) is 0 Å². The van der Waals surface area contributed by atoms with Crippen molar-refractivity contribution in [3.8, 4) is 0 Å². The van der Waals surface area contributed by atoms with Crippen molar-refractivity contribution in [3.05, 3.63) is 0 Å². The van der Waals surface area contributed by atoms with Crippen LogP contribution >= 0.6 is 0 Å². The Bertz CT molecular complexity index is 76.6. The van der Waals surface area contributed by atoms with Crippen molar-refractivity contribution in [1.82, 2.24) is 0 Å². The zero-order valence-electron chi connectivity index (χ0n) is 4.80. The first-order valence-corrected chi connectivity index (χ1v) is 2.98. The number of hydrogen-bond acceptors (Lipinski definition) is 2. The van der Waals surface area contributed by atoms with Gasteiger partial charge in [-0.15, -0.1) is 0 Å². The van der Waals surface area contributed by atoms with Crippen LogP contribution in [0, 0.1) is 0 Å². The maximum Gasteiger partial charge on any atom is 0.145 e. The predicted octanol–water partition coefficient (Wildman–Crippen LogP) is 0.754. The highest BCUT2D eigenvalue weighted by molar-refractivity contribution is 5.50. The van der Waals surface area contributed by atoms with Gasteiger partial charge in [0.15, 0.2) is 0 Å². The fourth-order valence-electron chi connectivity index (χ4n) is 0.713. The molecule has 1 aliphatic rings. The average molecular weight is 114 g/mol. The number of aldehydes is 1. The van der Waals surface area contributed by atoms with Gasteiger partial charge in [0.05, 0.1) is 6.10 Å². The van der Waals surface area contributed by atoms with Crippen molar-refractivity contribution in [2.24, 2.45) is 0 Å². The van der Waals surface area contributed by atoms with Crippen molar-refractivity contribution < 1.29 is 9.53 Å². The Labute approximate surface area is 48.8 Å². The van der Waals surface area contributed by atoms with E-state index < -0.39 is 0 Å². The number of hydrogen-bond donors (Lipinski definition) is 0. The minimum absolute atomic E-state index is 0.282. The van der Waals surface area contributed by atoms with E-state index in [-0.39, 0.29) is 6.61 Å². The fraction of sp³-hybridized carbons (Fsp3) is 0.833. The van der Waals surface area contributed by atoms with Crippen molar-refractivity contribution in [1.29, 1.82) is 0 Å². The molecule has 0 saturated heterocycles. The Hall–Kier alpha value is -0.370. The fourth-order valence-corrected chi connectivity index (χ4v) is 0.713. The van der Waals surface area contributed by atoms with E-state index in [1.54, 1.807) is 0 Å². The van der Waals surface area contributed by atoms with Crippen molar-refractivity contribution in [3.63, 3.8) is 0 Å².